The number of halogens is 2. The van der Waals surface area contributed by atoms with E-state index in [9.17, 15) is 14.0 Å². The second kappa shape index (κ2) is 10.3. The van der Waals surface area contributed by atoms with Crippen LogP contribution in [0.25, 0.3) is 0 Å². The minimum absolute atomic E-state index is 0.0176. The standard InChI is InChI=1S/C27H32ClFN2O4S/c1-26(2,3)36-15-23(16-5-6-16)31-22(17-8-10-20(28)21(29)11-17)14-35-27(4,25(31)34)12-19-9-7-18(13-30-19)24(32)33/h7-11,13,16,22-23H,5-6,12,14-15H2,1-4H3,(H,32,33)/t22-,23?,27+/m0/s1. The van der Waals surface area contributed by atoms with Gasteiger partial charge in [0.1, 0.15) is 11.4 Å². The van der Waals surface area contributed by atoms with E-state index >= 15 is 0 Å². The van der Waals surface area contributed by atoms with E-state index in [2.05, 4.69) is 25.8 Å². The molecule has 0 radical (unpaired) electrons. The molecule has 0 bridgehead atoms. The molecular formula is C27H32ClFN2O4S. The average molecular weight is 535 g/mol. The topological polar surface area (TPSA) is 79.7 Å². The molecule has 2 fully saturated rings. The summed E-state index contributed by atoms with van der Waals surface area (Å²) >= 11 is 7.76. The molecule has 1 N–H and O–H groups in total. The van der Waals surface area contributed by atoms with Gasteiger partial charge in [-0.3, -0.25) is 9.78 Å². The third-order valence-corrected chi connectivity index (χ3v) is 8.39. The quantitative estimate of drug-likeness (QED) is 0.462. The molecule has 1 aliphatic heterocycles. The summed E-state index contributed by atoms with van der Waals surface area (Å²) in [7, 11) is 0. The minimum atomic E-state index is -1.18. The maximum atomic E-state index is 14.4. The second-order valence-electron chi connectivity index (χ2n) is 10.8. The highest BCUT2D eigenvalue weighted by molar-refractivity contribution is 8.00. The van der Waals surface area contributed by atoms with Gasteiger partial charge in [0.25, 0.3) is 5.91 Å². The predicted octanol–water partition coefficient (Wildman–Crippen LogP) is 5.78. The molecule has 36 heavy (non-hydrogen) atoms. The summed E-state index contributed by atoms with van der Waals surface area (Å²) in [6.45, 7) is 8.44. The first-order chi connectivity index (χ1) is 16.9. The predicted molar refractivity (Wildman–Crippen MR) is 139 cm³/mol. The van der Waals surface area contributed by atoms with Crippen LogP contribution in [-0.4, -0.2) is 55.6 Å². The van der Waals surface area contributed by atoms with Crippen LogP contribution in [0, 0.1) is 11.7 Å². The molecular weight excluding hydrogens is 503 g/mol. The van der Waals surface area contributed by atoms with Gasteiger partial charge in [-0.15, -0.1) is 0 Å². The molecule has 9 heteroatoms. The molecule has 2 heterocycles. The number of nitrogens with zero attached hydrogens (tertiary/aromatic N) is 2. The van der Waals surface area contributed by atoms with Crippen LogP contribution in [0.15, 0.2) is 36.5 Å². The van der Waals surface area contributed by atoms with Gasteiger partial charge in [0.15, 0.2) is 0 Å². The highest BCUT2D eigenvalue weighted by atomic mass is 35.5. The molecule has 1 aromatic carbocycles. The number of carboxylic acid groups (broad SMARTS) is 1. The highest BCUT2D eigenvalue weighted by Crippen LogP contribution is 2.45. The number of pyridine rings is 1. The molecule has 1 saturated heterocycles. The summed E-state index contributed by atoms with van der Waals surface area (Å²) in [5.41, 5.74) is 0.124. The lowest BCUT2D eigenvalue weighted by atomic mass is 9.90. The van der Waals surface area contributed by atoms with E-state index in [-0.39, 0.29) is 40.3 Å². The fourth-order valence-electron chi connectivity index (χ4n) is 4.57. The molecule has 0 spiro atoms. The van der Waals surface area contributed by atoms with Crippen molar-refractivity contribution in [2.45, 2.75) is 69.4 Å². The Bertz CT molecular complexity index is 1140. The van der Waals surface area contributed by atoms with Gasteiger partial charge < -0.3 is 14.7 Å². The molecule has 2 aliphatic rings. The van der Waals surface area contributed by atoms with E-state index in [4.69, 9.17) is 21.4 Å². The van der Waals surface area contributed by atoms with Gasteiger partial charge in [-0.05, 0) is 55.5 Å². The fourth-order valence-corrected chi connectivity index (χ4v) is 5.79. The van der Waals surface area contributed by atoms with E-state index in [1.807, 2.05) is 16.7 Å². The largest absolute Gasteiger partial charge is 0.478 e. The molecule has 1 unspecified atom stereocenters. The second-order valence-corrected chi connectivity index (χ2v) is 13.0. The third-order valence-electron chi connectivity index (χ3n) is 6.71. The van der Waals surface area contributed by atoms with Crippen molar-refractivity contribution < 1.29 is 23.8 Å². The molecule has 1 amide bonds. The zero-order valence-corrected chi connectivity index (χ0v) is 22.5. The number of hydrogen-bond acceptors (Lipinski definition) is 5. The lowest BCUT2D eigenvalue weighted by molar-refractivity contribution is -0.182. The lowest BCUT2D eigenvalue weighted by Crippen LogP contribution is -2.61. The van der Waals surface area contributed by atoms with E-state index in [0.29, 0.717) is 17.2 Å². The van der Waals surface area contributed by atoms with Gasteiger partial charge in [-0.1, -0.05) is 38.4 Å². The van der Waals surface area contributed by atoms with Crippen molar-refractivity contribution in [3.63, 3.8) is 0 Å². The smallest absolute Gasteiger partial charge is 0.337 e. The summed E-state index contributed by atoms with van der Waals surface area (Å²) in [4.78, 5) is 31.6. The Morgan fingerprint density at radius 1 is 1.33 bits per heavy atom. The van der Waals surface area contributed by atoms with Crippen LogP contribution < -0.4 is 0 Å². The number of aromatic carboxylic acids is 1. The normalized spacial score (nSPS) is 23.6. The Morgan fingerprint density at radius 2 is 2.06 bits per heavy atom. The van der Waals surface area contributed by atoms with E-state index in [0.717, 1.165) is 18.6 Å². The number of morpholine rings is 1. The number of amides is 1. The molecule has 3 atom stereocenters. The number of aromatic nitrogens is 1. The molecule has 1 aromatic heterocycles. The van der Waals surface area contributed by atoms with Gasteiger partial charge >= 0.3 is 5.97 Å². The van der Waals surface area contributed by atoms with Gasteiger partial charge in [0.2, 0.25) is 0 Å². The van der Waals surface area contributed by atoms with Crippen molar-refractivity contribution in [3.8, 4) is 0 Å². The highest BCUT2D eigenvalue weighted by Gasteiger charge is 2.51. The van der Waals surface area contributed by atoms with Crippen molar-refractivity contribution in [1.29, 1.82) is 0 Å². The SMILES string of the molecule is CC(C)(C)SCC(C1CC1)N1C(=O)[C@@](C)(Cc2ccc(C(=O)O)cn2)OC[C@H]1c1ccc(Cl)c(F)c1. The average Bonchev–Trinajstić information content (AvgIpc) is 3.64. The summed E-state index contributed by atoms with van der Waals surface area (Å²) in [5.74, 6) is -0.583. The molecule has 194 valence electrons. The lowest BCUT2D eigenvalue weighted by Gasteiger charge is -2.48. The Labute approximate surface area is 220 Å². The number of thioether (sulfide) groups is 1. The first-order valence-electron chi connectivity index (χ1n) is 12.1. The minimum Gasteiger partial charge on any atom is -0.478 e. The Balaban J connectivity index is 1.67. The number of benzene rings is 1. The van der Waals surface area contributed by atoms with E-state index in [1.165, 1.54) is 24.4 Å². The van der Waals surface area contributed by atoms with Gasteiger partial charge in [-0.2, -0.15) is 11.8 Å². The Hall–Kier alpha value is -2.16. The monoisotopic (exact) mass is 534 g/mol. The van der Waals surface area contributed by atoms with Crippen LogP contribution in [0.4, 0.5) is 4.39 Å². The first-order valence-corrected chi connectivity index (χ1v) is 13.5. The third kappa shape index (κ3) is 6.03. The zero-order chi connectivity index (χ0) is 26.3. The van der Waals surface area contributed by atoms with Crippen LogP contribution in [0.3, 0.4) is 0 Å². The van der Waals surface area contributed by atoms with Crippen molar-refractivity contribution in [3.05, 3.63) is 64.2 Å². The number of carbonyl (C=O) groups is 2. The summed E-state index contributed by atoms with van der Waals surface area (Å²) in [6, 6.07) is 7.31. The number of hydrogen-bond donors (Lipinski definition) is 1. The van der Waals surface area contributed by atoms with Crippen LogP contribution in [0.5, 0.6) is 0 Å². The van der Waals surface area contributed by atoms with Crippen LogP contribution in [0.2, 0.25) is 5.02 Å². The van der Waals surface area contributed by atoms with E-state index in [1.54, 1.807) is 19.1 Å². The summed E-state index contributed by atoms with van der Waals surface area (Å²) in [6.07, 6.45) is 3.60. The number of carboxylic acids is 1. The van der Waals surface area contributed by atoms with Crippen molar-refractivity contribution >= 4 is 35.2 Å². The summed E-state index contributed by atoms with van der Waals surface area (Å²) < 4.78 is 20.7. The number of rotatable bonds is 8. The molecule has 6 nitrogen and oxygen atoms in total. The van der Waals surface area contributed by atoms with Gasteiger partial charge in [-0.25, -0.2) is 9.18 Å². The zero-order valence-electron chi connectivity index (χ0n) is 21.0. The Morgan fingerprint density at radius 3 is 2.61 bits per heavy atom. The number of ether oxygens (including phenoxy) is 1. The van der Waals surface area contributed by atoms with Crippen molar-refractivity contribution in [2.75, 3.05) is 12.4 Å². The van der Waals surface area contributed by atoms with Crippen LogP contribution in [0.1, 0.15) is 68.2 Å². The first kappa shape index (κ1) is 26.9. The summed E-state index contributed by atoms with van der Waals surface area (Å²) in [5, 5.41) is 9.20. The van der Waals surface area contributed by atoms with Gasteiger partial charge in [0, 0.05) is 34.9 Å². The van der Waals surface area contributed by atoms with Crippen LogP contribution >= 0.6 is 23.4 Å². The molecule has 1 saturated carbocycles. The fraction of sp³-hybridized carbons (Fsp3) is 0.519. The molecule has 2 aromatic rings. The Kier molecular flexibility index (Phi) is 7.70. The van der Waals surface area contributed by atoms with Crippen molar-refractivity contribution in [2.24, 2.45) is 5.92 Å². The maximum absolute atomic E-state index is 14.4. The maximum Gasteiger partial charge on any atom is 0.337 e. The van der Waals surface area contributed by atoms with E-state index < -0.39 is 23.4 Å². The number of carbonyl (C=O) groups excluding carboxylic acids is 1. The molecule has 1 aliphatic carbocycles. The molecule has 4 rings (SSSR count). The van der Waals surface area contributed by atoms with Crippen LogP contribution in [-0.2, 0) is 16.0 Å². The van der Waals surface area contributed by atoms with Gasteiger partial charge in [0.05, 0.1) is 23.2 Å². The van der Waals surface area contributed by atoms with Crippen molar-refractivity contribution in [1.82, 2.24) is 9.88 Å².